The van der Waals surface area contributed by atoms with Crippen molar-refractivity contribution in [3.05, 3.63) is 236 Å². The number of ether oxygens (including phenoxy) is 3. The fourth-order valence-electron chi connectivity index (χ4n) is 14.6. The van der Waals surface area contributed by atoms with E-state index in [1.807, 2.05) is 64.3 Å². The molecule has 0 unspecified atom stereocenters. The number of nitrogens with one attached hydrogen (secondary N) is 4. The lowest BCUT2D eigenvalue weighted by atomic mass is 9.98. The number of pyridine rings is 4. The van der Waals surface area contributed by atoms with Crippen LogP contribution < -0.4 is 26.2 Å². The van der Waals surface area contributed by atoms with Gasteiger partial charge in [0.15, 0.2) is 11.6 Å². The van der Waals surface area contributed by atoms with Crippen LogP contribution in [0.2, 0.25) is 0 Å². The molecule has 14 heterocycles. The van der Waals surface area contributed by atoms with Gasteiger partial charge in [0.25, 0.3) is 23.6 Å². The van der Waals surface area contributed by atoms with E-state index in [9.17, 15) is 61.7 Å². The van der Waals surface area contributed by atoms with Crippen molar-refractivity contribution in [1.29, 1.82) is 15.8 Å². The Balaban J connectivity index is 0.000000125. The van der Waals surface area contributed by atoms with E-state index < -0.39 is 34.7 Å². The molecule has 18 rings (SSSR count). The van der Waals surface area contributed by atoms with Gasteiger partial charge in [-0.05, 0) is 91.7 Å². The summed E-state index contributed by atoms with van der Waals surface area (Å²) in [5, 5.41) is 55.3. The number of amides is 5. The zero-order chi connectivity index (χ0) is 83.8. The first-order valence-corrected chi connectivity index (χ1v) is 38.3. The van der Waals surface area contributed by atoms with Crippen LogP contribution in [0.15, 0.2) is 133 Å². The molecular formula is C84H70F5N21O8S. The van der Waals surface area contributed by atoms with Crippen LogP contribution in [0, 0.1) is 63.1 Å². The zero-order valence-corrected chi connectivity index (χ0v) is 65.5. The summed E-state index contributed by atoms with van der Waals surface area (Å²) in [5.41, 5.74) is 7.54. The summed E-state index contributed by atoms with van der Waals surface area (Å²) in [7, 11) is 3.31. The Morgan fingerprint density at radius 1 is 0.546 bits per heavy atom. The first-order valence-electron chi connectivity index (χ1n) is 37.4. The molecule has 12 aromatic rings. The largest absolute Gasteiger partial charge is 0.378 e. The molecule has 0 bridgehead atoms. The molecule has 29 nitrogen and oxygen atoms in total. The Bertz CT molecular complexity index is 6230. The van der Waals surface area contributed by atoms with Crippen molar-refractivity contribution in [3.8, 4) is 96.4 Å². The van der Waals surface area contributed by atoms with Gasteiger partial charge >= 0.3 is 6.03 Å². The maximum absolute atomic E-state index is 14.7. The van der Waals surface area contributed by atoms with Crippen molar-refractivity contribution in [2.75, 3.05) is 58.5 Å². The SMILES string of the molecule is CC(C)c1csc(-c2cc(-c3c(F)cccc3F)nc3c2C(=O)NC3)n1.CC(C)c1ncn(-c2cc(-c3c(F)cccc3C#N)nc3c2C(=O)NC3)n1.CO[C@H]1CN(c2ccn(-c3cc(-c4c(F)cccc4C#N)nc4c3C(=O)NC4)n2)C[C@@]1(C)OC.N#Cc1cccc(F)c1-c1cc(-c2ccn(C(=O)N3CCOCC3)n2)c2c(n1)CNC2=O. The number of fused-ring (bicyclic) bond motifs is 4. The first-order chi connectivity index (χ1) is 57.4. The lowest BCUT2D eigenvalue weighted by molar-refractivity contribution is -0.0746. The maximum atomic E-state index is 14.7. The van der Waals surface area contributed by atoms with E-state index in [1.54, 1.807) is 54.3 Å². The van der Waals surface area contributed by atoms with E-state index in [0.29, 0.717) is 129 Å². The Kier molecular flexibility index (Phi) is 22.3. The minimum Gasteiger partial charge on any atom is -0.378 e. The molecular weight excluding hydrogens is 1560 g/mol. The van der Waals surface area contributed by atoms with Crippen LogP contribution in [0.4, 0.5) is 32.6 Å². The molecule has 8 aromatic heterocycles. The van der Waals surface area contributed by atoms with E-state index in [4.69, 9.17) is 19.3 Å². The molecule has 0 radical (unpaired) electrons. The Morgan fingerprint density at radius 3 is 1.48 bits per heavy atom. The Labute approximate surface area is 679 Å². The number of halogens is 5. The number of carbonyl (C=O) groups is 5. The molecule has 4 aromatic carbocycles. The third-order valence-corrected chi connectivity index (χ3v) is 21.6. The number of thiazole rings is 1. The van der Waals surface area contributed by atoms with Crippen LogP contribution in [0.25, 0.3) is 78.2 Å². The van der Waals surface area contributed by atoms with E-state index in [0.717, 1.165) is 5.69 Å². The predicted molar refractivity (Wildman–Crippen MR) is 421 cm³/mol. The summed E-state index contributed by atoms with van der Waals surface area (Å²) in [6, 6.07) is 31.9. The summed E-state index contributed by atoms with van der Waals surface area (Å²) in [5.74, 6) is -2.51. The molecule has 0 spiro atoms. The van der Waals surface area contributed by atoms with Gasteiger partial charge in [-0.2, -0.15) is 35.8 Å². The third kappa shape index (κ3) is 15.5. The van der Waals surface area contributed by atoms with Gasteiger partial charge in [-0.1, -0.05) is 52.0 Å². The Hall–Kier alpha value is -14.2. The van der Waals surface area contributed by atoms with Crippen LogP contribution in [0.1, 0.15) is 139 Å². The number of anilines is 1. The number of hydrogen-bond donors (Lipinski definition) is 4. The molecule has 2 fully saturated rings. The number of benzene rings is 4. The molecule has 5 amide bonds. The number of nitrogens with zero attached hydrogens (tertiary/aromatic N) is 17. The van der Waals surface area contributed by atoms with Crippen LogP contribution >= 0.6 is 11.3 Å². The van der Waals surface area contributed by atoms with Gasteiger partial charge in [0, 0.05) is 74.7 Å². The highest BCUT2D eigenvalue weighted by atomic mass is 32.1. The molecule has 35 heteroatoms. The second-order valence-electron chi connectivity index (χ2n) is 28.8. The highest BCUT2D eigenvalue weighted by Gasteiger charge is 2.45. The van der Waals surface area contributed by atoms with E-state index >= 15 is 0 Å². The molecule has 600 valence electrons. The van der Waals surface area contributed by atoms with Crippen molar-refractivity contribution in [2.24, 2.45) is 0 Å². The number of aromatic nitrogens is 12. The van der Waals surface area contributed by atoms with Gasteiger partial charge in [-0.3, -0.25) is 19.2 Å². The van der Waals surface area contributed by atoms with Crippen molar-refractivity contribution < 1.29 is 60.1 Å². The topological polar surface area (TPSA) is 370 Å². The van der Waals surface area contributed by atoms with Gasteiger partial charge in [0.05, 0.1) is 194 Å². The van der Waals surface area contributed by atoms with Gasteiger partial charge in [0.1, 0.15) is 52.1 Å². The minimum atomic E-state index is -0.692. The monoisotopic (exact) mass is 1630 g/mol. The predicted octanol–water partition coefficient (Wildman–Crippen LogP) is 11.8. The van der Waals surface area contributed by atoms with Crippen molar-refractivity contribution in [1.82, 2.24) is 85.4 Å². The summed E-state index contributed by atoms with van der Waals surface area (Å²) in [4.78, 5) is 92.7. The first kappa shape index (κ1) is 80.0. The van der Waals surface area contributed by atoms with Crippen molar-refractivity contribution >= 4 is 46.8 Å². The molecule has 2 atom stereocenters. The number of carbonyl (C=O) groups excluding carboxylic acids is 5. The highest BCUT2D eigenvalue weighted by molar-refractivity contribution is 7.13. The fraction of sp³-hybridized carbons (Fsp3) is 0.250. The van der Waals surface area contributed by atoms with Gasteiger partial charge < -0.3 is 45.3 Å². The number of morpholine rings is 1. The summed E-state index contributed by atoms with van der Waals surface area (Å²) in [6.45, 7) is 13.9. The fourth-order valence-corrected chi connectivity index (χ4v) is 15.6. The second-order valence-corrected chi connectivity index (χ2v) is 29.7. The molecule has 0 saturated carbocycles. The lowest BCUT2D eigenvalue weighted by Crippen LogP contribution is -2.43. The highest BCUT2D eigenvalue weighted by Crippen LogP contribution is 2.41. The molecule has 4 N–H and O–H groups in total. The van der Waals surface area contributed by atoms with Crippen molar-refractivity contribution in [2.45, 2.75) is 84.3 Å². The summed E-state index contributed by atoms with van der Waals surface area (Å²) >= 11 is 1.40. The average molecular weight is 1630 g/mol. The van der Waals surface area contributed by atoms with Gasteiger partial charge in [-0.25, -0.2) is 66.0 Å². The van der Waals surface area contributed by atoms with Crippen LogP contribution in [-0.2, 0) is 40.4 Å². The van der Waals surface area contributed by atoms with Gasteiger partial charge in [0.2, 0.25) is 0 Å². The molecule has 119 heavy (non-hydrogen) atoms. The Morgan fingerprint density at radius 2 is 1.01 bits per heavy atom. The lowest BCUT2D eigenvalue weighted by Gasteiger charge is -2.27. The standard InChI is InChI=1S/C24H23FN6O3.C22H17FN6O3.C19H15F2N3OS.C19H15FN6O/c1-24(34-3)13-30(12-19(24)33-2)20-7-8-31(29-20)18-9-16(28-17-11-27-23(32)22(17)18)21-14(10-26)5-4-6-15(21)25;23-15-3-1-2-13(11-24)19(15)17-10-14(20-18(26-17)12-25-21(20)30)16-4-5-29(27-16)22(31)28-6-8-32-9-7-28;1-9(2)15-8-26-19(24-15)10-6-13(17-11(20)4-3-5-12(17)21)23-14-7-22-18(25)16(10)14;1-10(2)18-23-9-26(25-18)15-6-13(24-14-8-22-19(27)17(14)15)16-11(7-21)4-3-5-12(16)20/h4-9,19H,11-13H2,1-3H3,(H,27,32);1-5,10H,6-9,12H2,(H,25,30);3-6,8-9H,7H2,1-2H3,(H,22,25);3-6,9-10H,8H2,1-2H3,(H,22,27)/t19-,24+;;;/m0.../s1. The number of rotatable bonds is 13. The van der Waals surface area contributed by atoms with Gasteiger partial charge in [-0.15, -0.1) is 11.3 Å². The number of hydrogen-bond acceptors (Lipinski definition) is 22. The molecule has 2 saturated heterocycles. The summed E-state index contributed by atoms with van der Waals surface area (Å²) < 4.78 is 93.2. The normalized spacial score (nSPS) is 16.0. The molecule has 0 aliphatic carbocycles. The van der Waals surface area contributed by atoms with Crippen LogP contribution in [-0.4, -0.2) is 159 Å². The van der Waals surface area contributed by atoms with E-state index in [1.165, 1.54) is 112 Å². The van der Waals surface area contributed by atoms with Crippen LogP contribution in [0.5, 0.6) is 0 Å². The summed E-state index contributed by atoms with van der Waals surface area (Å²) in [6.07, 6.45) is 4.66. The quantitative estimate of drug-likeness (QED) is 0.0779. The van der Waals surface area contributed by atoms with Crippen molar-refractivity contribution in [3.63, 3.8) is 0 Å². The van der Waals surface area contributed by atoms with Crippen LogP contribution in [0.3, 0.4) is 0 Å². The maximum Gasteiger partial charge on any atom is 0.344 e. The van der Waals surface area contributed by atoms with E-state index in [-0.39, 0.29) is 135 Å². The third-order valence-electron chi connectivity index (χ3n) is 20.7. The number of methoxy groups -OCH3 is 2. The second kappa shape index (κ2) is 33.2. The number of nitriles is 3. The smallest absolute Gasteiger partial charge is 0.344 e. The van der Waals surface area contributed by atoms with E-state index in [2.05, 4.69) is 66.3 Å². The molecule has 6 aliphatic heterocycles. The molecule has 6 aliphatic rings. The zero-order valence-electron chi connectivity index (χ0n) is 64.7. The average Bonchev–Trinajstić information content (AvgIpc) is 1.67. The minimum absolute atomic E-state index is 0.0576.